The second-order valence-corrected chi connectivity index (χ2v) is 12.9. The quantitative estimate of drug-likeness (QED) is 0.330. The van der Waals surface area contributed by atoms with Crippen LogP contribution in [-0.2, 0) is 35.3 Å². The second-order valence-electron chi connectivity index (χ2n) is 12.9. The lowest BCUT2D eigenvalue weighted by atomic mass is 9.75. The van der Waals surface area contributed by atoms with Crippen molar-refractivity contribution in [2.24, 2.45) is 0 Å². The summed E-state index contributed by atoms with van der Waals surface area (Å²) in [6.45, 7) is 2.20. The molecule has 1 saturated heterocycles. The van der Waals surface area contributed by atoms with Crippen molar-refractivity contribution in [1.82, 2.24) is 9.80 Å². The van der Waals surface area contributed by atoms with Crippen LogP contribution in [-0.4, -0.2) is 68.1 Å². The number of hydrogen-bond donors (Lipinski definition) is 1. The number of nitrogens with zero attached hydrogens (tertiary/aromatic N) is 2. The fourth-order valence-corrected chi connectivity index (χ4v) is 7.94. The van der Waals surface area contributed by atoms with Crippen LogP contribution in [0.2, 0.25) is 0 Å². The number of aliphatic hydroxyl groups excluding tert-OH is 1. The van der Waals surface area contributed by atoms with E-state index in [-0.39, 0.29) is 56.4 Å². The topological polar surface area (TPSA) is 63.6 Å². The maximum Gasteiger partial charge on any atom is 0.189 e. The molecule has 46 heavy (non-hydrogen) atoms. The molecular weight excluding hydrogens is 623 g/mol. The van der Waals surface area contributed by atoms with Crippen LogP contribution in [0.4, 0.5) is 0 Å². The van der Waals surface area contributed by atoms with E-state index in [0.29, 0.717) is 5.75 Å². The Morgan fingerprint density at radius 1 is 0.870 bits per heavy atom. The van der Waals surface area contributed by atoms with Gasteiger partial charge in [0.2, 0.25) is 0 Å². The summed E-state index contributed by atoms with van der Waals surface area (Å²) in [5.41, 5.74) is 11.0. The average Bonchev–Trinajstić information content (AvgIpc) is 3.51. The number of methoxy groups -OCH3 is 1. The van der Waals surface area contributed by atoms with Crippen molar-refractivity contribution in [1.29, 1.82) is 0 Å². The first-order valence-electron chi connectivity index (χ1n) is 15.8. The molecule has 1 aliphatic carbocycles. The Kier molecular flexibility index (Phi) is 9.45. The molecule has 6 aliphatic rings. The fourth-order valence-electron chi connectivity index (χ4n) is 7.94. The first-order valence-corrected chi connectivity index (χ1v) is 15.8. The van der Waals surface area contributed by atoms with Gasteiger partial charge in [0, 0.05) is 48.3 Å². The van der Waals surface area contributed by atoms with Crippen molar-refractivity contribution in [3.05, 3.63) is 105 Å². The number of hydrogen-bond acceptors (Lipinski definition) is 7. The van der Waals surface area contributed by atoms with E-state index < -0.39 is 0 Å². The number of likely N-dealkylation sites (N-methyl/N-ethyl adjacent to an activating group) is 2. The molecule has 3 aromatic carbocycles. The van der Waals surface area contributed by atoms with Gasteiger partial charge in [0.1, 0.15) is 29.1 Å². The minimum atomic E-state index is -0.0707. The first-order chi connectivity index (χ1) is 21.5. The summed E-state index contributed by atoms with van der Waals surface area (Å²) in [6, 6.07) is 19.7. The third-order valence-corrected chi connectivity index (χ3v) is 10.4. The molecule has 5 heterocycles. The molecule has 1 fully saturated rings. The molecule has 9 heteroatoms. The highest BCUT2D eigenvalue weighted by atomic mass is 35.5. The maximum atomic E-state index is 10.1. The lowest BCUT2D eigenvalue weighted by molar-refractivity contribution is 0.0496. The summed E-state index contributed by atoms with van der Waals surface area (Å²) in [6.07, 6.45) is 4.51. The predicted molar refractivity (Wildman–Crippen MR) is 183 cm³/mol. The molecule has 3 aromatic rings. The maximum absolute atomic E-state index is 10.1. The van der Waals surface area contributed by atoms with E-state index in [9.17, 15) is 5.11 Å². The summed E-state index contributed by atoms with van der Waals surface area (Å²) < 4.78 is 25.1. The SMILES string of the molecule is COc1cc2c3cc1C1=C4OCOC4CC4=C1[C@H](Cc1ccc(cc1)Oc1cc(ccc1CO)C[C@H]3N(C)CC2)N(C)CC4.Cl.Cl. The summed E-state index contributed by atoms with van der Waals surface area (Å²) in [5.74, 6) is 3.33. The Morgan fingerprint density at radius 2 is 1.61 bits per heavy atom. The third-order valence-electron chi connectivity index (χ3n) is 10.4. The first kappa shape index (κ1) is 32.9. The number of benzene rings is 3. The zero-order chi connectivity index (χ0) is 29.9. The fraction of sp³-hybridized carbons (Fsp3) is 0.405. The van der Waals surface area contributed by atoms with Crippen LogP contribution in [0, 0.1) is 0 Å². The standard InChI is InChI=1S/C37H40N2O5.2ClH/c1-38-12-10-24-17-33(41-3)29-19-28(24)30(38)15-23-4-7-26(20-40)32(16-23)44-27-8-5-22(6-9-27)14-31-35-25(11-13-39(31)2)18-34-37(36(29)35)43-21-42-34;;/h4-9,16-17,19,30-31,34,40H,10-15,18,20-21H2,1-3H3;2*1H/t30-,31+,34?;;/m1../s1. The largest absolute Gasteiger partial charge is 0.496 e. The van der Waals surface area contributed by atoms with Gasteiger partial charge in [0.15, 0.2) is 6.79 Å². The third kappa shape index (κ3) is 5.61. The Balaban J connectivity index is 0.00000186. The molecule has 7 nitrogen and oxygen atoms in total. The van der Waals surface area contributed by atoms with Gasteiger partial charge in [0.05, 0.1) is 13.7 Å². The summed E-state index contributed by atoms with van der Waals surface area (Å²) in [5, 5.41) is 10.1. The van der Waals surface area contributed by atoms with Crippen LogP contribution in [0.15, 0.2) is 71.5 Å². The molecule has 0 aromatic heterocycles. The van der Waals surface area contributed by atoms with E-state index in [0.717, 1.165) is 79.2 Å². The van der Waals surface area contributed by atoms with Crippen LogP contribution in [0.1, 0.15) is 52.3 Å². The summed E-state index contributed by atoms with van der Waals surface area (Å²) in [4.78, 5) is 4.96. The van der Waals surface area contributed by atoms with Gasteiger partial charge >= 0.3 is 0 Å². The van der Waals surface area contributed by atoms with Crippen LogP contribution < -0.4 is 9.47 Å². The predicted octanol–water partition coefficient (Wildman–Crippen LogP) is 6.64. The van der Waals surface area contributed by atoms with Crippen molar-refractivity contribution >= 4 is 30.4 Å². The van der Waals surface area contributed by atoms with Crippen molar-refractivity contribution in [2.45, 2.75) is 56.9 Å². The molecule has 5 aliphatic heterocycles. The van der Waals surface area contributed by atoms with Gasteiger partial charge in [-0.15, -0.1) is 24.8 Å². The van der Waals surface area contributed by atoms with Crippen molar-refractivity contribution in [3.63, 3.8) is 0 Å². The molecule has 3 atom stereocenters. The Morgan fingerprint density at radius 3 is 2.39 bits per heavy atom. The van der Waals surface area contributed by atoms with Gasteiger partial charge in [-0.1, -0.05) is 29.8 Å². The van der Waals surface area contributed by atoms with Gasteiger partial charge < -0.3 is 24.1 Å². The smallest absolute Gasteiger partial charge is 0.189 e. The summed E-state index contributed by atoms with van der Waals surface area (Å²) >= 11 is 0. The molecule has 0 radical (unpaired) electrons. The zero-order valence-electron chi connectivity index (χ0n) is 26.6. The van der Waals surface area contributed by atoms with E-state index in [1.807, 2.05) is 6.07 Å². The minimum Gasteiger partial charge on any atom is -0.496 e. The molecule has 0 saturated carbocycles. The number of rotatable bonds is 2. The molecule has 9 rings (SSSR count). The molecule has 0 amide bonds. The molecule has 6 bridgehead atoms. The van der Waals surface area contributed by atoms with Crippen LogP contribution in [0.3, 0.4) is 0 Å². The van der Waals surface area contributed by atoms with Gasteiger partial charge in [-0.3, -0.25) is 9.80 Å². The highest BCUT2D eigenvalue weighted by molar-refractivity contribution is 5.88. The normalized spacial score (nSPS) is 23.7. The Hall–Kier alpha value is -3.04. The number of fused-ring (bicyclic) bond motifs is 3. The number of ether oxygens (including phenoxy) is 4. The average molecular weight is 666 g/mol. The number of halogens is 2. The van der Waals surface area contributed by atoms with Crippen LogP contribution in [0.5, 0.6) is 17.2 Å². The minimum absolute atomic E-state index is 0. The lowest BCUT2D eigenvalue weighted by Crippen LogP contribution is -2.42. The van der Waals surface area contributed by atoms with E-state index >= 15 is 0 Å². The Bertz CT molecular complexity index is 1690. The van der Waals surface area contributed by atoms with E-state index in [1.54, 1.807) is 7.11 Å². The monoisotopic (exact) mass is 664 g/mol. The van der Waals surface area contributed by atoms with E-state index in [4.69, 9.17) is 18.9 Å². The van der Waals surface area contributed by atoms with Crippen LogP contribution >= 0.6 is 24.8 Å². The van der Waals surface area contributed by atoms with Gasteiger partial charge in [-0.2, -0.15) is 0 Å². The Labute approximate surface area is 283 Å². The highest BCUT2D eigenvalue weighted by Crippen LogP contribution is 2.50. The lowest BCUT2D eigenvalue weighted by Gasteiger charge is -2.41. The molecule has 0 spiro atoms. The van der Waals surface area contributed by atoms with Crippen LogP contribution in [0.25, 0.3) is 5.57 Å². The van der Waals surface area contributed by atoms with Gasteiger partial charge in [0.25, 0.3) is 0 Å². The molecule has 244 valence electrons. The summed E-state index contributed by atoms with van der Waals surface area (Å²) in [7, 11) is 6.25. The molecule has 1 N–H and O–H groups in total. The zero-order valence-corrected chi connectivity index (χ0v) is 28.2. The van der Waals surface area contributed by atoms with E-state index in [2.05, 4.69) is 72.4 Å². The highest BCUT2D eigenvalue weighted by Gasteiger charge is 2.42. The van der Waals surface area contributed by atoms with E-state index in [1.165, 1.54) is 33.4 Å². The van der Waals surface area contributed by atoms with Gasteiger partial charge in [-0.25, -0.2) is 0 Å². The van der Waals surface area contributed by atoms with Crippen molar-refractivity contribution in [2.75, 3.05) is 41.1 Å². The van der Waals surface area contributed by atoms with Crippen molar-refractivity contribution in [3.8, 4) is 17.2 Å². The number of aliphatic hydroxyl groups is 1. The molecule has 1 unspecified atom stereocenters. The van der Waals surface area contributed by atoms with Gasteiger partial charge in [-0.05, 0) is 97.9 Å². The van der Waals surface area contributed by atoms with Crippen molar-refractivity contribution < 1.29 is 24.1 Å². The molecular formula is C37H42Cl2N2O5. The second kappa shape index (κ2) is 13.2.